The van der Waals surface area contributed by atoms with Crippen molar-refractivity contribution in [3.63, 3.8) is 0 Å². The number of hydrogen-bond donors (Lipinski definition) is 0. The van der Waals surface area contributed by atoms with Crippen molar-refractivity contribution in [3.05, 3.63) is 35.9 Å². The fraction of sp³-hybridized carbons (Fsp3) is 0.800. The average Bonchev–Trinajstić information content (AvgIpc) is 2.84. The maximum absolute atomic E-state index is 6.13. The standard InChI is InChI=1S/C30H54O3/c1-4-6-8-12-19-25-31-30(32-26-20-13-9-7-5-2)24-18-11-10-15-21-28(3)33-27-29-22-16-14-17-23-29/h14,16-17,22-23,28,30H,4-13,15,18-21,24-27H2,1-3H3. The molecule has 0 spiro atoms. The zero-order valence-corrected chi connectivity index (χ0v) is 22.2. The Bertz CT molecular complexity index is 489. The molecule has 0 heterocycles. The van der Waals surface area contributed by atoms with Crippen molar-refractivity contribution in [2.75, 3.05) is 13.2 Å². The third-order valence-electron chi connectivity index (χ3n) is 6.28. The van der Waals surface area contributed by atoms with Gasteiger partial charge in [-0.3, -0.25) is 0 Å². The van der Waals surface area contributed by atoms with Crippen LogP contribution in [0.4, 0.5) is 0 Å². The summed E-state index contributed by atoms with van der Waals surface area (Å²) in [6.07, 6.45) is 20.2. The Morgan fingerprint density at radius 1 is 0.576 bits per heavy atom. The molecular weight excluding hydrogens is 408 g/mol. The zero-order valence-electron chi connectivity index (χ0n) is 22.2. The Kier molecular flexibility index (Phi) is 20.9. The van der Waals surface area contributed by atoms with Crippen LogP contribution in [0.2, 0.25) is 0 Å². The summed E-state index contributed by atoms with van der Waals surface area (Å²) in [7, 11) is 0. The van der Waals surface area contributed by atoms with Crippen molar-refractivity contribution in [3.8, 4) is 0 Å². The van der Waals surface area contributed by atoms with E-state index in [1.807, 2.05) is 0 Å². The second kappa shape index (κ2) is 22.9. The van der Waals surface area contributed by atoms with E-state index in [-0.39, 0.29) is 6.29 Å². The summed E-state index contributed by atoms with van der Waals surface area (Å²) in [5.74, 6) is 0. The first kappa shape index (κ1) is 30.1. The van der Waals surface area contributed by atoms with Crippen LogP contribution in [0.15, 0.2) is 30.3 Å². The summed E-state index contributed by atoms with van der Waals surface area (Å²) in [5.41, 5.74) is 1.26. The van der Waals surface area contributed by atoms with E-state index in [4.69, 9.17) is 14.2 Å². The lowest BCUT2D eigenvalue weighted by atomic mass is 10.1. The van der Waals surface area contributed by atoms with E-state index in [1.54, 1.807) is 0 Å². The molecule has 0 aliphatic carbocycles. The van der Waals surface area contributed by atoms with Gasteiger partial charge < -0.3 is 14.2 Å². The first-order valence-corrected chi connectivity index (χ1v) is 14.1. The maximum atomic E-state index is 6.13. The van der Waals surface area contributed by atoms with Gasteiger partial charge in [0.2, 0.25) is 0 Å². The normalized spacial score (nSPS) is 12.5. The highest BCUT2D eigenvalue weighted by Crippen LogP contribution is 2.15. The lowest BCUT2D eigenvalue weighted by Gasteiger charge is -2.19. The summed E-state index contributed by atoms with van der Waals surface area (Å²) < 4.78 is 18.2. The third-order valence-corrected chi connectivity index (χ3v) is 6.28. The monoisotopic (exact) mass is 462 g/mol. The molecule has 192 valence electrons. The van der Waals surface area contributed by atoms with Crippen molar-refractivity contribution in [1.82, 2.24) is 0 Å². The average molecular weight is 463 g/mol. The smallest absolute Gasteiger partial charge is 0.157 e. The quantitative estimate of drug-likeness (QED) is 0.113. The van der Waals surface area contributed by atoms with Crippen molar-refractivity contribution in [2.45, 2.75) is 143 Å². The third kappa shape index (κ3) is 19.1. The summed E-state index contributed by atoms with van der Waals surface area (Å²) >= 11 is 0. The Labute approximate surface area is 206 Å². The lowest BCUT2D eigenvalue weighted by Crippen LogP contribution is -2.19. The Hall–Kier alpha value is -0.900. The van der Waals surface area contributed by atoms with Crippen LogP contribution >= 0.6 is 0 Å². The van der Waals surface area contributed by atoms with Crippen LogP contribution in [0.3, 0.4) is 0 Å². The van der Waals surface area contributed by atoms with Gasteiger partial charge in [-0.2, -0.15) is 0 Å². The van der Waals surface area contributed by atoms with Crippen LogP contribution in [0, 0.1) is 0 Å². The van der Waals surface area contributed by atoms with Gasteiger partial charge in [0.15, 0.2) is 6.29 Å². The van der Waals surface area contributed by atoms with Crippen LogP contribution in [0.1, 0.15) is 129 Å². The summed E-state index contributed by atoms with van der Waals surface area (Å²) in [6.45, 7) is 9.14. The fourth-order valence-electron chi connectivity index (χ4n) is 4.05. The van der Waals surface area contributed by atoms with Gasteiger partial charge >= 0.3 is 0 Å². The van der Waals surface area contributed by atoms with E-state index in [9.17, 15) is 0 Å². The minimum Gasteiger partial charge on any atom is -0.374 e. The second-order valence-corrected chi connectivity index (χ2v) is 9.60. The van der Waals surface area contributed by atoms with Crippen LogP contribution < -0.4 is 0 Å². The lowest BCUT2D eigenvalue weighted by molar-refractivity contribution is -0.148. The molecule has 0 saturated heterocycles. The predicted octanol–water partition coefficient (Wildman–Crippen LogP) is 9.23. The first-order chi connectivity index (χ1) is 16.3. The van der Waals surface area contributed by atoms with E-state index in [1.165, 1.54) is 82.6 Å². The maximum Gasteiger partial charge on any atom is 0.157 e. The van der Waals surface area contributed by atoms with Crippen LogP contribution in [-0.4, -0.2) is 25.6 Å². The molecule has 3 nitrogen and oxygen atoms in total. The van der Waals surface area contributed by atoms with Gasteiger partial charge in [0, 0.05) is 13.2 Å². The fourth-order valence-corrected chi connectivity index (χ4v) is 4.05. The molecule has 0 aliphatic heterocycles. The van der Waals surface area contributed by atoms with Gasteiger partial charge in [-0.25, -0.2) is 0 Å². The van der Waals surface area contributed by atoms with Crippen molar-refractivity contribution in [2.24, 2.45) is 0 Å². The largest absolute Gasteiger partial charge is 0.374 e. The minimum absolute atomic E-state index is 0.00419. The number of ether oxygens (including phenoxy) is 3. The molecule has 0 bridgehead atoms. The molecule has 0 radical (unpaired) electrons. The van der Waals surface area contributed by atoms with Gasteiger partial charge in [-0.15, -0.1) is 0 Å². The minimum atomic E-state index is -0.00419. The van der Waals surface area contributed by atoms with Crippen molar-refractivity contribution < 1.29 is 14.2 Å². The predicted molar refractivity (Wildman–Crippen MR) is 142 cm³/mol. The Balaban J connectivity index is 2.11. The van der Waals surface area contributed by atoms with Crippen molar-refractivity contribution in [1.29, 1.82) is 0 Å². The molecule has 0 amide bonds. The molecule has 0 fully saturated rings. The van der Waals surface area contributed by atoms with E-state index in [0.29, 0.717) is 6.10 Å². The molecule has 1 aromatic rings. The molecule has 3 heteroatoms. The summed E-state index contributed by atoms with van der Waals surface area (Å²) in [6, 6.07) is 10.5. The second-order valence-electron chi connectivity index (χ2n) is 9.60. The van der Waals surface area contributed by atoms with Crippen molar-refractivity contribution >= 4 is 0 Å². The number of rotatable bonds is 24. The van der Waals surface area contributed by atoms with E-state index in [0.717, 1.165) is 45.5 Å². The SMILES string of the molecule is CCCCCCCOC(CCCCCCC(C)OCc1ccccc1)OCCCCCCC. The Morgan fingerprint density at radius 3 is 1.67 bits per heavy atom. The molecular formula is C30H54O3. The molecule has 1 atom stereocenters. The topological polar surface area (TPSA) is 27.7 Å². The highest BCUT2D eigenvalue weighted by Gasteiger charge is 2.10. The highest BCUT2D eigenvalue weighted by molar-refractivity contribution is 5.13. The van der Waals surface area contributed by atoms with E-state index < -0.39 is 0 Å². The Morgan fingerprint density at radius 2 is 1.09 bits per heavy atom. The van der Waals surface area contributed by atoms with E-state index in [2.05, 4.69) is 51.1 Å². The van der Waals surface area contributed by atoms with E-state index >= 15 is 0 Å². The molecule has 0 N–H and O–H groups in total. The van der Waals surface area contributed by atoms with Crippen LogP contribution in [0.25, 0.3) is 0 Å². The molecule has 1 rings (SSSR count). The van der Waals surface area contributed by atoms with Gasteiger partial charge in [0.1, 0.15) is 0 Å². The summed E-state index contributed by atoms with van der Waals surface area (Å²) in [5, 5.41) is 0. The van der Waals surface area contributed by atoms with Gasteiger partial charge in [0.05, 0.1) is 12.7 Å². The van der Waals surface area contributed by atoms with Gasteiger partial charge in [-0.05, 0) is 44.6 Å². The van der Waals surface area contributed by atoms with Gasteiger partial charge in [-0.1, -0.05) is 115 Å². The molecule has 0 saturated carbocycles. The molecule has 1 aromatic carbocycles. The highest BCUT2D eigenvalue weighted by atomic mass is 16.7. The molecule has 1 unspecified atom stereocenters. The number of unbranched alkanes of at least 4 members (excludes halogenated alkanes) is 11. The molecule has 0 aliphatic rings. The van der Waals surface area contributed by atoms with Crippen LogP contribution in [-0.2, 0) is 20.8 Å². The molecule has 33 heavy (non-hydrogen) atoms. The molecule has 0 aromatic heterocycles. The van der Waals surface area contributed by atoms with Gasteiger partial charge in [0.25, 0.3) is 0 Å². The van der Waals surface area contributed by atoms with Crippen LogP contribution in [0.5, 0.6) is 0 Å². The number of hydrogen-bond acceptors (Lipinski definition) is 3. The number of benzene rings is 1. The summed E-state index contributed by atoms with van der Waals surface area (Å²) in [4.78, 5) is 0. The zero-order chi connectivity index (χ0) is 23.8. The first-order valence-electron chi connectivity index (χ1n) is 14.1.